The van der Waals surface area contributed by atoms with Crippen molar-refractivity contribution in [3.63, 3.8) is 0 Å². The van der Waals surface area contributed by atoms with E-state index in [2.05, 4.69) is 4.98 Å². The number of rotatable bonds is 3. The molecule has 2 heterocycles. The first-order chi connectivity index (χ1) is 13.1. The highest BCUT2D eigenvalue weighted by Crippen LogP contribution is 2.31. The molecule has 0 atom stereocenters. The van der Waals surface area contributed by atoms with Gasteiger partial charge in [0.2, 0.25) is 5.91 Å². The van der Waals surface area contributed by atoms with Crippen LogP contribution in [0, 0.1) is 5.92 Å². The van der Waals surface area contributed by atoms with Gasteiger partial charge < -0.3 is 9.80 Å². The summed E-state index contributed by atoms with van der Waals surface area (Å²) in [5, 5.41) is -1.29. The van der Waals surface area contributed by atoms with Gasteiger partial charge in [-0.05, 0) is 25.0 Å². The van der Waals surface area contributed by atoms with Crippen molar-refractivity contribution in [2.45, 2.75) is 36.2 Å². The summed E-state index contributed by atoms with van der Waals surface area (Å²) in [6.07, 6.45) is 4.64. The van der Waals surface area contributed by atoms with E-state index in [4.69, 9.17) is 0 Å². The number of hydrogen-bond donors (Lipinski definition) is 0. The van der Waals surface area contributed by atoms with Crippen LogP contribution >= 0.6 is 0 Å². The van der Waals surface area contributed by atoms with Crippen LogP contribution in [0.5, 0.6) is 0 Å². The molecule has 2 fully saturated rings. The summed E-state index contributed by atoms with van der Waals surface area (Å²) < 4.78 is 62.2. The zero-order valence-electron chi connectivity index (χ0n) is 15.0. The van der Waals surface area contributed by atoms with Gasteiger partial charge in [0.1, 0.15) is 0 Å². The molecule has 1 saturated carbocycles. The molecule has 0 N–H and O–H groups in total. The second kappa shape index (κ2) is 7.69. The van der Waals surface area contributed by atoms with E-state index in [0.29, 0.717) is 0 Å². The Balaban J connectivity index is 1.74. The third kappa shape index (κ3) is 3.85. The highest BCUT2D eigenvalue weighted by atomic mass is 32.2. The molecule has 0 bridgehead atoms. The van der Waals surface area contributed by atoms with Crippen molar-refractivity contribution in [2.24, 2.45) is 5.92 Å². The van der Waals surface area contributed by atoms with Crippen LogP contribution < -0.4 is 0 Å². The van der Waals surface area contributed by atoms with Gasteiger partial charge in [0.25, 0.3) is 15.7 Å². The van der Waals surface area contributed by atoms with Gasteiger partial charge in [-0.2, -0.15) is 13.2 Å². The topological polar surface area (TPSA) is 87.6 Å². The molecule has 3 rings (SSSR count). The number of pyridine rings is 1. The lowest BCUT2D eigenvalue weighted by atomic mass is 10.1. The zero-order chi connectivity index (χ0) is 20.5. The van der Waals surface area contributed by atoms with Gasteiger partial charge in [-0.15, -0.1) is 0 Å². The normalized spacial score (nSPS) is 19.1. The van der Waals surface area contributed by atoms with Crippen LogP contribution in [-0.2, 0) is 14.6 Å². The highest BCUT2D eigenvalue weighted by molar-refractivity contribution is 7.92. The van der Waals surface area contributed by atoms with Crippen molar-refractivity contribution >= 4 is 21.7 Å². The number of piperazine rings is 1. The van der Waals surface area contributed by atoms with E-state index >= 15 is 0 Å². The Hall–Kier alpha value is -2.17. The molecule has 1 saturated heterocycles. The molecule has 1 aromatic heterocycles. The molecule has 154 valence electrons. The fraction of sp³-hybridized carbons (Fsp3) is 0.588. The molecule has 28 heavy (non-hydrogen) atoms. The molecule has 2 aliphatic rings. The minimum Gasteiger partial charge on any atom is -0.339 e. The fourth-order valence-corrected chi connectivity index (χ4v) is 4.47. The number of amides is 2. The van der Waals surface area contributed by atoms with Gasteiger partial charge in [-0.3, -0.25) is 9.59 Å². The minimum absolute atomic E-state index is 0.00380. The van der Waals surface area contributed by atoms with Gasteiger partial charge >= 0.3 is 5.51 Å². The largest absolute Gasteiger partial charge is 0.503 e. The summed E-state index contributed by atoms with van der Waals surface area (Å²) in [5.74, 6) is -0.792. The third-order valence-corrected chi connectivity index (χ3v) is 6.59. The average Bonchev–Trinajstić information content (AvgIpc) is 3.21. The molecule has 2 amide bonds. The van der Waals surface area contributed by atoms with Crippen LogP contribution in [0.4, 0.5) is 13.2 Å². The van der Waals surface area contributed by atoms with Gasteiger partial charge in [0.05, 0.1) is 5.56 Å². The Bertz CT molecular complexity index is 859. The SMILES string of the molecule is O=C(c1cccnc1S(=O)(=O)C(F)(F)F)N1CCN(C(=O)C2CCCC2)CC1. The molecule has 11 heteroatoms. The maximum Gasteiger partial charge on any atom is 0.503 e. The van der Waals surface area contributed by atoms with Crippen molar-refractivity contribution < 1.29 is 31.2 Å². The summed E-state index contributed by atoms with van der Waals surface area (Å²) in [6.45, 7) is 0.779. The summed E-state index contributed by atoms with van der Waals surface area (Å²) in [5.41, 5.74) is -6.17. The van der Waals surface area contributed by atoms with Gasteiger partial charge in [-0.1, -0.05) is 12.8 Å². The predicted molar refractivity (Wildman–Crippen MR) is 91.9 cm³/mol. The van der Waals surface area contributed by atoms with E-state index in [0.717, 1.165) is 37.9 Å². The average molecular weight is 419 g/mol. The summed E-state index contributed by atoms with van der Waals surface area (Å²) in [7, 11) is -5.75. The van der Waals surface area contributed by atoms with Gasteiger partial charge in [-0.25, -0.2) is 13.4 Å². The lowest BCUT2D eigenvalue weighted by Crippen LogP contribution is -2.52. The molecule has 0 unspecified atom stereocenters. The minimum atomic E-state index is -5.75. The lowest BCUT2D eigenvalue weighted by Gasteiger charge is -2.36. The lowest BCUT2D eigenvalue weighted by molar-refractivity contribution is -0.136. The van der Waals surface area contributed by atoms with Crippen LogP contribution in [-0.4, -0.2) is 66.7 Å². The summed E-state index contributed by atoms with van der Waals surface area (Å²) in [4.78, 5) is 31.4. The molecule has 1 aliphatic carbocycles. The van der Waals surface area contributed by atoms with E-state index in [9.17, 15) is 31.2 Å². The smallest absolute Gasteiger partial charge is 0.339 e. The number of nitrogens with zero attached hydrogens (tertiary/aromatic N) is 3. The first-order valence-corrected chi connectivity index (χ1v) is 10.5. The molecular formula is C17H20F3N3O4S. The Morgan fingerprint density at radius 3 is 2.18 bits per heavy atom. The van der Waals surface area contributed by atoms with Crippen molar-refractivity contribution in [1.29, 1.82) is 0 Å². The zero-order valence-corrected chi connectivity index (χ0v) is 15.8. The second-order valence-electron chi connectivity index (χ2n) is 6.90. The Kier molecular flexibility index (Phi) is 5.64. The standard InChI is InChI=1S/C17H20F3N3O4S/c18-17(19,20)28(26,27)14-13(6-3-7-21-14)16(25)23-10-8-22(9-11-23)15(24)12-4-1-2-5-12/h3,6-7,12H,1-2,4-5,8-11H2. The highest BCUT2D eigenvalue weighted by Gasteiger charge is 2.50. The predicted octanol–water partition coefficient (Wildman–Crippen LogP) is 1.85. The van der Waals surface area contributed by atoms with Gasteiger partial charge in [0.15, 0.2) is 5.03 Å². The van der Waals surface area contributed by atoms with Crippen LogP contribution in [0.3, 0.4) is 0 Å². The number of carbonyl (C=O) groups excluding carboxylic acids is 2. The number of halogens is 3. The van der Waals surface area contributed by atoms with E-state index in [1.807, 2.05) is 0 Å². The number of sulfone groups is 1. The maximum atomic E-state index is 12.9. The van der Waals surface area contributed by atoms with Gasteiger partial charge in [0, 0.05) is 38.3 Å². The van der Waals surface area contributed by atoms with Crippen molar-refractivity contribution in [3.8, 4) is 0 Å². The molecule has 1 aromatic rings. The van der Waals surface area contributed by atoms with Crippen molar-refractivity contribution in [3.05, 3.63) is 23.9 Å². The molecule has 7 nitrogen and oxygen atoms in total. The molecule has 0 spiro atoms. The molecule has 0 radical (unpaired) electrons. The Morgan fingerprint density at radius 2 is 1.61 bits per heavy atom. The fourth-order valence-electron chi connectivity index (χ4n) is 3.61. The third-order valence-electron chi connectivity index (χ3n) is 5.14. The first kappa shape index (κ1) is 20.6. The quantitative estimate of drug-likeness (QED) is 0.746. The summed E-state index contributed by atoms with van der Waals surface area (Å²) in [6, 6.07) is 2.23. The number of alkyl halides is 3. The first-order valence-electron chi connectivity index (χ1n) is 8.97. The Labute approximate surface area is 160 Å². The van der Waals surface area contributed by atoms with Crippen LogP contribution in [0.15, 0.2) is 23.4 Å². The number of carbonyl (C=O) groups is 2. The summed E-state index contributed by atoms with van der Waals surface area (Å²) >= 11 is 0. The number of aromatic nitrogens is 1. The molecule has 1 aliphatic heterocycles. The van der Waals surface area contributed by atoms with E-state index in [1.165, 1.54) is 11.0 Å². The van der Waals surface area contributed by atoms with Crippen LogP contribution in [0.25, 0.3) is 0 Å². The molecule has 0 aromatic carbocycles. The van der Waals surface area contributed by atoms with E-state index in [-0.39, 0.29) is 38.0 Å². The van der Waals surface area contributed by atoms with Crippen LogP contribution in [0.1, 0.15) is 36.0 Å². The van der Waals surface area contributed by atoms with E-state index in [1.54, 1.807) is 4.90 Å². The molecular weight excluding hydrogens is 399 g/mol. The Morgan fingerprint density at radius 1 is 1.04 bits per heavy atom. The second-order valence-corrected chi connectivity index (χ2v) is 8.76. The van der Waals surface area contributed by atoms with Crippen molar-refractivity contribution in [1.82, 2.24) is 14.8 Å². The van der Waals surface area contributed by atoms with Crippen molar-refractivity contribution in [2.75, 3.05) is 26.2 Å². The number of hydrogen-bond acceptors (Lipinski definition) is 5. The van der Waals surface area contributed by atoms with Crippen LogP contribution in [0.2, 0.25) is 0 Å². The maximum absolute atomic E-state index is 12.9. The monoisotopic (exact) mass is 419 g/mol. The van der Waals surface area contributed by atoms with E-state index < -0.39 is 31.8 Å².